The van der Waals surface area contributed by atoms with Crippen molar-refractivity contribution in [3.63, 3.8) is 0 Å². The Kier molecular flexibility index (Phi) is 8.67. The predicted octanol–water partition coefficient (Wildman–Crippen LogP) is 5.03. The highest BCUT2D eigenvalue weighted by atomic mass is 32.2. The van der Waals surface area contributed by atoms with E-state index in [1.165, 1.54) is 18.2 Å². The Morgan fingerprint density at radius 3 is 2.42 bits per heavy atom. The Morgan fingerprint density at radius 2 is 1.85 bits per heavy atom. The summed E-state index contributed by atoms with van der Waals surface area (Å²) in [5.41, 5.74) is -2.92. The molecule has 220 valence electrons. The maximum Gasteiger partial charge on any atom is 0.417 e. The van der Waals surface area contributed by atoms with Gasteiger partial charge in [0.1, 0.15) is 11.2 Å². The van der Waals surface area contributed by atoms with Crippen LogP contribution in [0.4, 0.5) is 32.4 Å². The number of aromatic nitrogens is 1. The number of likely N-dealkylation sites (tertiary alicyclic amines) is 1. The van der Waals surface area contributed by atoms with Gasteiger partial charge >= 0.3 is 12.3 Å². The lowest BCUT2D eigenvalue weighted by molar-refractivity contribution is -0.137. The van der Waals surface area contributed by atoms with Crippen LogP contribution in [-0.4, -0.2) is 67.8 Å². The molecule has 2 heterocycles. The van der Waals surface area contributed by atoms with Crippen LogP contribution >= 0.6 is 0 Å². The first-order chi connectivity index (χ1) is 18.3. The number of sulfone groups is 1. The molecule has 1 saturated heterocycles. The first kappa shape index (κ1) is 31.0. The van der Waals surface area contributed by atoms with Crippen molar-refractivity contribution in [2.24, 2.45) is 5.92 Å². The van der Waals surface area contributed by atoms with Crippen LogP contribution < -0.4 is 10.1 Å². The molecule has 0 saturated carbocycles. The van der Waals surface area contributed by atoms with E-state index in [2.05, 4.69) is 10.3 Å². The lowest BCUT2D eigenvalue weighted by Gasteiger charge is -2.38. The van der Waals surface area contributed by atoms with Crippen LogP contribution in [0.15, 0.2) is 41.4 Å². The predicted molar refractivity (Wildman–Crippen MR) is 133 cm³/mol. The number of ether oxygens (including phenoxy) is 2. The minimum Gasteiger partial charge on any atom is -0.477 e. The van der Waals surface area contributed by atoms with Crippen molar-refractivity contribution in [2.45, 2.75) is 49.8 Å². The van der Waals surface area contributed by atoms with Gasteiger partial charge in [0.2, 0.25) is 5.88 Å². The molecule has 1 N–H and O–H groups in total. The van der Waals surface area contributed by atoms with E-state index in [1.807, 2.05) is 0 Å². The molecule has 3 rings (SSSR count). The Bertz CT molecular complexity index is 1380. The number of benzene rings is 1. The van der Waals surface area contributed by atoms with Crippen LogP contribution in [0.25, 0.3) is 0 Å². The molecular weight excluding hydrogens is 565 g/mol. The van der Waals surface area contributed by atoms with Gasteiger partial charge in [-0.2, -0.15) is 13.2 Å². The third-order valence-electron chi connectivity index (χ3n) is 5.76. The summed E-state index contributed by atoms with van der Waals surface area (Å²) >= 11 is 0. The summed E-state index contributed by atoms with van der Waals surface area (Å²) in [6.45, 7) is 3.03. The fourth-order valence-corrected chi connectivity index (χ4v) is 4.41. The zero-order valence-electron chi connectivity index (χ0n) is 22.0. The molecule has 9 nitrogen and oxygen atoms in total. The molecule has 2 aromatic rings. The molecule has 0 spiro atoms. The molecule has 0 bridgehead atoms. The maximum atomic E-state index is 14.9. The van der Waals surface area contributed by atoms with Gasteiger partial charge in [-0.3, -0.25) is 4.79 Å². The highest BCUT2D eigenvalue weighted by Crippen LogP contribution is 2.35. The van der Waals surface area contributed by atoms with Gasteiger partial charge in [-0.1, -0.05) is 6.07 Å². The summed E-state index contributed by atoms with van der Waals surface area (Å²) in [5.74, 6) is -6.64. The Balaban J connectivity index is 1.80. The van der Waals surface area contributed by atoms with Gasteiger partial charge in [0, 0.05) is 24.7 Å². The van der Waals surface area contributed by atoms with Crippen molar-refractivity contribution in [3.8, 4) is 5.88 Å². The number of nitrogens with zero attached hydrogens (tertiary/aromatic N) is 2. The standard InChI is InChI=1S/C25H28F5N3O6S/c1-23(2,3)39-22(35)33-9-8-15(24(26,27)14-33)13-38-21-19(10-16(12-31-21)25(28,29)30)20(34)32-17-6-5-7-18(11-17)40(4,36)37/h5-7,10-12,15H,8-9,13-14H2,1-4H3,(H,32,34). The molecule has 1 fully saturated rings. The molecule has 0 radical (unpaired) electrons. The molecule has 40 heavy (non-hydrogen) atoms. The van der Waals surface area contributed by atoms with Crippen LogP contribution in [-0.2, 0) is 20.8 Å². The number of hydrogen-bond acceptors (Lipinski definition) is 7. The van der Waals surface area contributed by atoms with Crippen molar-refractivity contribution in [3.05, 3.63) is 47.7 Å². The molecular formula is C25H28F5N3O6S. The topological polar surface area (TPSA) is 115 Å². The third kappa shape index (κ3) is 8.02. The molecule has 0 aliphatic carbocycles. The van der Waals surface area contributed by atoms with Crippen molar-refractivity contribution in [1.29, 1.82) is 0 Å². The second kappa shape index (κ2) is 11.2. The summed E-state index contributed by atoms with van der Waals surface area (Å²) in [4.78, 5) is 29.4. The first-order valence-corrected chi connectivity index (χ1v) is 13.8. The number of piperidine rings is 1. The van der Waals surface area contributed by atoms with Gasteiger partial charge in [0.25, 0.3) is 11.8 Å². The number of anilines is 1. The summed E-state index contributed by atoms with van der Waals surface area (Å²) in [7, 11) is -3.65. The van der Waals surface area contributed by atoms with E-state index >= 15 is 0 Å². The number of hydrogen-bond donors (Lipinski definition) is 1. The molecule has 1 aliphatic heterocycles. The number of rotatable bonds is 6. The van der Waals surface area contributed by atoms with E-state index < -0.39 is 75.6 Å². The largest absolute Gasteiger partial charge is 0.477 e. The summed E-state index contributed by atoms with van der Waals surface area (Å²) in [6, 6.07) is 5.46. The van der Waals surface area contributed by atoms with Crippen LogP contribution in [0.5, 0.6) is 5.88 Å². The molecule has 1 atom stereocenters. The number of nitrogens with one attached hydrogen (secondary N) is 1. The monoisotopic (exact) mass is 593 g/mol. The zero-order valence-corrected chi connectivity index (χ0v) is 22.8. The smallest absolute Gasteiger partial charge is 0.417 e. The molecule has 15 heteroatoms. The van der Waals surface area contributed by atoms with E-state index in [1.54, 1.807) is 20.8 Å². The number of alkyl halides is 5. The van der Waals surface area contributed by atoms with E-state index in [4.69, 9.17) is 9.47 Å². The fourth-order valence-electron chi connectivity index (χ4n) is 3.74. The number of carbonyl (C=O) groups is 2. The SMILES string of the molecule is CC(C)(C)OC(=O)N1CCC(COc2ncc(C(F)(F)F)cc2C(=O)Nc2cccc(S(C)(=O)=O)c2)C(F)(F)C1. The van der Waals surface area contributed by atoms with E-state index in [-0.39, 0.29) is 23.5 Å². The third-order valence-corrected chi connectivity index (χ3v) is 6.87. The first-order valence-electron chi connectivity index (χ1n) is 11.9. The minimum atomic E-state index is -4.88. The Morgan fingerprint density at radius 1 is 1.18 bits per heavy atom. The van der Waals surface area contributed by atoms with Gasteiger partial charge < -0.3 is 19.7 Å². The number of halogens is 5. The van der Waals surface area contributed by atoms with E-state index in [0.29, 0.717) is 12.3 Å². The van der Waals surface area contributed by atoms with Gasteiger partial charge in [-0.05, 0) is 51.5 Å². The second-order valence-electron chi connectivity index (χ2n) is 10.3. The van der Waals surface area contributed by atoms with Gasteiger partial charge in [0.15, 0.2) is 9.84 Å². The Hall–Kier alpha value is -3.49. The van der Waals surface area contributed by atoms with Crippen LogP contribution in [0.3, 0.4) is 0 Å². The van der Waals surface area contributed by atoms with Crippen LogP contribution in [0.2, 0.25) is 0 Å². The fraction of sp³-hybridized carbons (Fsp3) is 0.480. The highest BCUT2D eigenvalue weighted by molar-refractivity contribution is 7.90. The average Bonchev–Trinajstić information content (AvgIpc) is 2.80. The molecule has 2 amide bonds. The lowest BCUT2D eigenvalue weighted by atomic mass is 9.94. The molecule has 1 unspecified atom stereocenters. The van der Waals surface area contributed by atoms with E-state index in [0.717, 1.165) is 17.2 Å². The Labute approximate surface area is 227 Å². The number of carbonyl (C=O) groups excluding carboxylic acids is 2. The number of pyridine rings is 1. The van der Waals surface area contributed by atoms with E-state index in [9.17, 15) is 40.0 Å². The van der Waals surface area contributed by atoms with Crippen molar-refractivity contribution < 1.29 is 49.4 Å². The zero-order chi connectivity index (χ0) is 30.1. The summed E-state index contributed by atoms with van der Waals surface area (Å²) < 4.78 is 104. The highest BCUT2D eigenvalue weighted by Gasteiger charge is 2.47. The van der Waals surface area contributed by atoms with Crippen molar-refractivity contribution in [2.75, 3.05) is 31.3 Å². The van der Waals surface area contributed by atoms with Gasteiger partial charge in [-0.25, -0.2) is 27.0 Å². The minimum absolute atomic E-state index is 0.0441. The average molecular weight is 594 g/mol. The molecule has 1 aromatic carbocycles. The summed E-state index contributed by atoms with van der Waals surface area (Å²) in [6.07, 6.45) is -4.66. The van der Waals surface area contributed by atoms with Crippen LogP contribution in [0.1, 0.15) is 43.1 Å². The second-order valence-corrected chi connectivity index (χ2v) is 12.3. The normalized spacial score (nSPS) is 17.7. The van der Waals surface area contributed by atoms with Gasteiger partial charge in [0.05, 0.1) is 29.5 Å². The van der Waals surface area contributed by atoms with Gasteiger partial charge in [-0.15, -0.1) is 0 Å². The quantitative estimate of drug-likeness (QED) is 0.468. The summed E-state index contributed by atoms with van der Waals surface area (Å²) in [5, 5.41) is 2.28. The maximum absolute atomic E-state index is 14.9. The molecule has 1 aliphatic rings. The number of amides is 2. The van der Waals surface area contributed by atoms with Crippen molar-refractivity contribution in [1.82, 2.24) is 9.88 Å². The lowest BCUT2D eigenvalue weighted by Crippen LogP contribution is -2.53. The van der Waals surface area contributed by atoms with Crippen LogP contribution in [0, 0.1) is 5.92 Å². The molecule has 1 aromatic heterocycles. The van der Waals surface area contributed by atoms with Crippen molar-refractivity contribution >= 4 is 27.5 Å².